The third kappa shape index (κ3) is 6.14. The number of halogens is 1. The van der Waals surface area contributed by atoms with Crippen molar-refractivity contribution < 1.29 is 24.0 Å². The lowest BCUT2D eigenvalue weighted by molar-refractivity contribution is -0.385. The lowest BCUT2D eigenvalue weighted by Gasteiger charge is -2.11. The number of ether oxygens (including phenoxy) is 2. The van der Waals surface area contributed by atoms with E-state index < -0.39 is 16.8 Å². The van der Waals surface area contributed by atoms with Crippen LogP contribution in [0.1, 0.15) is 22.8 Å². The van der Waals surface area contributed by atoms with Gasteiger partial charge in [-0.25, -0.2) is 10.2 Å². The van der Waals surface area contributed by atoms with E-state index in [1.54, 1.807) is 49.4 Å². The highest BCUT2D eigenvalue weighted by molar-refractivity contribution is 6.30. The van der Waals surface area contributed by atoms with Crippen LogP contribution >= 0.6 is 11.6 Å². The Kier molecular flexibility index (Phi) is 7.36. The molecule has 3 rings (SSSR count). The molecule has 0 aliphatic heterocycles. The highest BCUT2D eigenvalue weighted by atomic mass is 35.5. The van der Waals surface area contributed by atoms with Crippen molar-refractivity contribution in [2.75, 3.05) is 7.11 Å². The first-order valence-corrected chi connectivity index (χ1v) is 9.80. The molecule has 1 amide bonds. The Balaban J connectivity index is 1.66. The van der Waals surface area contributed by atoms with Gasteiger partial charge in [-0.1, -0.05) is 11.6 Å². The number of nitro groups is 1. The van der Waals surface area contributed by atoms with Gasteiger partial charge < -0.3 is 9.47 Å². The first-order valence-electron chi connectivity index (χ1n) is 9.43. The number of rotatable bonds is 8. The number of aromatic nitrogens is 2. The molecular formula is C21H18ClN5O6. The molecule has 2 aromatic carbocycles. The van der Waals surface area contributed by atoms with E-state index in [4.69, 9.17) is 21.1 Å². The number of carbonyl (C=O) groups excluding carboxylic acids is 2. The fourth-order valence-corrected chi connectivity index (χ4v) is 2.77. The highest BCUT2D eigenvalue weighted by Gasteiger charge is 2.14. The molecule has 0 bridgehead atoms. The van der Waals surface area contributed by atoms with Gasteiger partial charge in [-0.05, 0) is 49.4 Å². The lowest BCUT2D eigenvalue weighted by Crippen LogP contribution is -2.24. The summed E-state index contributed by atoms with van der Waals surface area (Å²) in [5.74, 6) is -0.597. The first kappa shape index (κ1) is 23.4. The first-order chi connectivity index (χ1) is 15.8. The number of hydrogen-bond acceptors (Lipinski definition) is 8. The molecule has 0 spiro atoms. The summed E-state index contributed by atoms with van der Waals surface area (Å²) in [6.07, 6.45) is 2.19. The Morgan fingerprint density at radius 3 is 2.52 bits per heavy atom. The van der Waals surface area contributed by atoms with Crippen LogP contribution in [0.5, 0.6) is 11.5 Å². The van der Waals surface area contributed by atoms with E-state index in [-0.39, 0.29) is 18.0 Å². The number of benzene rings is 2. The van der Waals surface area contributed by atoms with Crippen molar-refractivity contribution in [2.24, 2.45) is 5.10 Å². The maximum atomic E-state index is 12.3. The maximum absolute atomic E-state index is 12.3. The second-order valence-electron chi connectivity index (χ2n) is 6.65. The molecule has 1 aromatic heterocycles. The monoisotopic (exact) mass is 471 g/mol. The minimum Gasteiger partial charge on any atom is -0.493 e. The number of carbonyl (C=O) groups is 2. The summed E-state index contributed by atoms with van der Waals surface area (Å²) in [6.45, 7) is 1.42. The number of nitrogens with zero attached hydrogens (tertiary/aromatic N) is 4. The normalized spacial score (nSPS) is 11.1. The van der Waals surface area contributed by atoms with Crippen LogP contribution in [0.15, 0.2) is 60.0 Å². The van der Waals surface area contributed by atoms with Crippen LogP contribution in [0.2, 0.25) is 5.02 Å². The minimum absolute atomic E-state index is 0.207. The summed E-state index contributed by atoms with van der Waals surface area (Å²) in [5, 5.41) is 18.9. The molecule has 1 N–H and O–H groups in total. The van der Waals surface area contributed by atoms with Gasteiger partial charge in [0.05, 0.1) is 23.3 Å². The van der Waals surface area contributed by atoms with Crippen molar-refractivity contribution in [3.63, 3.8) is 0 Å². The van der Waals surface area contributed by atoms with Gasteiger partial charge in [0.1, 0.15) is 18.9 Å². The molecule has 3 aromatic rings. The Bertz CT molecular complexity index is 1220. The molecule has 0 unspecified atom stereocenters. The van der Waals surface area contributed by atoms with Crippen LogP contribution in [0.25, 0.3) is 0 Å². The summed E-state index contributed by atoms with van der Waals surface area (Å²) in [6, 6.07) is 11.1. The van der Waals surface area contributed by atoms with Gasteiger partial charge in [0.25, 0.3) is 5.91 Å². The van der Waals surface area contributed by atoms with Gasteiger partial charge >= 0.3 is 11.7 Å². The fraction of sp³-hybridized carbons (Fsp3) is 0.143. The quantitative estimate of drug-likeness (QED) is 0.175. The average molecular weight is 472 g/mol. The zero-order valence-corrected chi connectivity index (χ0v) is 18.3. The minimum atomic E-state index is -0.604. The summed E-state index contributed by atoms with van der Waals surface area (Å²) in [7, 11) is 1.43. The van der Waals surface area contributed by atoms with E-state index in [0.717, 1.165) is 17.1 Å². The summed E-state index contributed by atoms with van der Waals surface area (Å²) in [5.41, 5.74) is 3.52. The second kappa shape index (κ2) is 10.4. The third-order valence-corrected chi connectivity index (χ3v) is 4.60. The SMILES string of the molecule is COc1cc(C(C)=NNC(=O)Cn2cc([N+](=O)[O-])cn2)ccc1OC(=O)c1ccc(Cl)cc1. The molecular weight excluding hydrogens is 454 g/mol. The Morgan fingerprint density at radius 2 is 1.88 bits per heavy atom. The van der Waals surface area contributed by atoms with Crippen molar-refractivity contribution in [3.05, 3.63) is 81.1 Å². The molecule has 0 aliphatic carbocycles. The van der Waals surface area contributed by atoms with Gasteiger partial charge in [-0.2, -0.15) is 10.2 Å². The molecule has 1 heterocycles. The van der Waals surface area contributed by atoms with Crippen LogP contribution in [-0.4, -0.2) is 39.4 Å². The van der Waals surface area contributed by atoms with Gasteiger partial charge in [-0.15, -0.1) is 0 Å². The maximum Gasteiger partial charge on any atom is 0.343 e. The van der Waals surface area contributed by atoms with Crippen molar-refractivity contribution >= 4 is 34.9 Å². The van der Waals surface area contributed by atoms with Gasteiger partial charge in [0, 0.05) is 10.6 Å². The van der Waals surface area contributed by atoms with Crippen LogP contribution in [0.4, 0.5) is 5.69 Å². The van der Waals surface area contributed by atoms with E-state index in [1.807, 2.05) is 0 Å². The van der Waals surface area contributed by atoms with Crippen molar-refractivity contribution in [1.29, 1.82) is 0 Å². The van der Waals surface area contributed by atoms with Gasteiger partial charge in [-0.3, -0.25) is 19.6 Å². The number of hydrogen-bond donors (Lipinski definition) is 1. The number of hydrazone groups is 1. The number of esters is 1. The molecule has 0 atom stereocenters. The van der Waals surface area contributed by atoms with E-state index >= 15 is 0 Å². The third-order valence-electron chi connectivity index (χ3n) is 4.35. The molecule has 33 heavy (non-hydrogen) atoms. The van der Waals surface area contributed by atoms with E-state index in [1.165, 1.54) is 7.11 Å². The van der Waals surface area contributed by atoms with Gasteiger partial charge in [0.2, 0.25) is 0 Å². The fourth-order valence-electron chi connectivity index (χ4n) is 2.65. The number of amides is 1. The molecule has 12 heteroatoms. The molecule has 0 radical (unpaired) electrons. The van der Waals surface area contributed by atoms with Crippen LogP contribution in [0, 0.1) is 10.1 Å². The van der Waals surface area contributed by atoms with E-state index in [0.29, 0.717) is 27.6 Å². The standard InChI is InChI=1S/C21H18ClN5O6/c1-13(24-25-20(28)12-26-11-17(10-23-26)27(30)31)15-5-8-18(19(9-15)32-2)33-21(29)14-3-6-16(22)7-4-14/h3-11H,12H2,1-2H3,(H,25,28). The number of nitrogens with one attached hydrogen (secondary N) is 1. The second-order valence-corrected chi connectivity index (χ2v) is 7.08. The van der Waals surface area contributed by atoms with E-state index in [2.05, 4.69) is 15.6 Å². The Morgan fingerprint density at radius 1 is 1.18 bits per heavy atom. The predicted octanol–water partition coefficient (Wildman–Crippen LogP) is 3.21. The molecule has 11 nitrogen and oxygen atoms in total. The van der Waals surface area contributed by atoms with Crippen LogP contribution < -0.4 is 14.9 Å². The molecule has 170 valence electrons. The summed E-state index contributed by atoms with van der Waals surface area (Å²) in [4.78, 5) is 34.5. The Labute approximate surface area is 192 Å². The van der Waals surface area contributed by atoms with E-state index in [9.17, 15) is 19.7 Å². The van der Waals surface area contributed by atoms with Crippen molar-refractivity contribution in [1.82, 2.24) is 15.2 Å². The molecule has 0 saturated carbocycles. The van der Waals surface area contributed by atoms with Crippen LogP contribution in [0.3, 0.4) is 0 Å². The van der Waals surface area contributed by atoms with Crippen molar-refractivity contribution in [2.45, 2.75) is 13.5 Å². The highest BCUT2D eigenvalue weighted by Crippen LogP contribution is 2.29. The summed E-state index contributed by atoms with van der Waals surface area (Å²) < 4.78 is 11.8. The zero-order valence-electron chi connectivity index (χ0n) is 17.5. The van der Waals surface area contributed by atoms with Gasteiger partial charge in [0.15, 0.2) is 11.5 Å². The zero-order chi connectivity index (χ0) is 24.0. The van der Waals surface area contributed by atoms with Crippen molar-refractivity contribution in [3.8, 4) is 11.5 Å². The number of methoxy groups -OCH3 is 1. The predicted molar refractivity (Wildman–Crippen MR) is 119 cm³/mol. The smallest absolute Gasteiger partial charge is 0.343 e. The van der Waals surface area contributed by atoms with Crippen LogP contribution in [-0.2, 0) is 11.3 Å². The Hall–Kier alpha value is -4.25. The molecule has 0 saturated heterocycles. The molecule has 0 fully saturated rings. The molecule has 0 aliphatic rings. The average Bonchev–Trinajstić information content (AvgIpc) is 3.27. The largest absolute Gasteiger partial charge is 0.493 e. The lowest BCUT2D eigenvalue weighted by atomic mass is 10.1. The summed E-state index contributed by atoms with van der Waals surface area (Å²) >= 11 is 5.83. The topological polar surface area (TPSA) is 138 Å².